The smallest absolute Gasteiger partial charge is 0.161 e. The minimum Gasteiger partial charge on any atom is -0.367 e. The van der Waals surface area contributed by atoms with Crippen molar-refractivity contribution < 1.29 is 9.84 Å². The molecule has 3 heteroatoms. The summed E-state index contributed by atoms with van der Waals surface area (Å²) in [6.07, 6.45) is 10.5. The summed E-state index contributed by atoms with van der Waals surface area (Å²) in [6, 6.07) is 0. The molecule has 2 nitrogen and oxygen atoms in total. The third-order valence-electron chi connectivity index (χ3n) is 8.82. The number of hydrogen-bond donors (Lipinski definition) is 1. The summed E-state index contributed by atoms with van der Waals surface area (Å²) in [6.45, 7) is 11.2. The Hall–Kier alpha value is 0.390. The summed E-state index contributed by atoms with van der Waals surface area (Å²) in [5.41, 5.74) is -0.0530. The van der Waals surface area contributed by atoms with Crippen molar-refractivity contribution in [1.82, 2.24) is 0 Å². The molecule has 4 saturated carbocycles. The molecule has 148 valence electrons. The van der Waals surface area contributed by atoms with Crippen LogP contribution in [0.2, 0.25) is 0 Å². The molecule has 0 aromatic heterocycles. The number of fused-ring (bicyclic) bond motifs is 5. The predicted molar refractivity (Wildman–Crippen MR) is 115 cm³/mol. The molecule has 0 aromatic rings. The summed E-state index contributed by atoms with van der Waals surface area (Å²) in [5.74, 6) is 6.11. The molecule has 26 heavy (non-hydrogen) atoms. The zero-order valence-corrected chi connectivity index (χ0v) is 18.9. The summed E-state index contributed by atoms with van der Waals surface area (Å²) in [7, 11) is 0. The van der Waals surface area contributed by atoms with Crippen molar-refractivity contribution >= 4 is 22.6 Å². The van der Waals surface area contributed by atoms with Crippen LogP contribution in [0.3, 0.4) is 0 Å². The predicted octanol–water partition coefficient (Wildman–Crippen LogP) is 6.03. The van der Waals surface area contributed by atoms with Gasteiger partial charge in [0.05, 0.1) is 0 Å². The van der Waals surface area contributed by atoms with Crippen LogP contribution >= 0.6 is 22.6 Å². The molecule has 4 fully saturated rings. The van der Waals surface area contributed by atoms with Gasteiger partial charge < -0.3 is 9.84 Å². The highest BCUT2D eigenvalue weighted by Crippen LogP contribution is 2.69. The molecular weight excluding hydrogens is 435 g/mol. The molecule has 0 aliphatic heterocycles. The van der Waals surface area contributed by atoms with Crippen LogP contribution in [-0.2, 0) is 4.74 Å². The first kappa shape index (κ1) is 19.7. The summed E-state index contributed by atoms with van der Waals surface area (Å²) < 4.78 is 6.39. The Kier molecular flexibility index (Phi) is 5.55. The summed E-state index contributed by atoms with van der Waals surface area (Å²) >= 11 is 2.43. The molecule has 4 aliphatic carbocycles. The van der Waals surface area contributed by atoms with Crippen LogP contribution in [0.4, 0.5) is 0 Å². The van der Waals surface area contributed by atoms with Crippen molar-refractivity contribution in [3.05, 3.63) is 12.7 Å². The van der Waals surface area contributed by atoms with E-state index in [1.54, 1.807) is 0 Å². The van der Waals surface area contributed by atoms with E-state index in [2.05, 4.69) is 56.0 Å². The van der Waals surface area contributed by atoms with Crippen LogP contribution < -0.4 is 0 Å². The fraction of sp³-hybridized carbons (Fsp3) is 0.913. The monoisotopic (exact) mass is 472 g/mol. The van der Waals surface area contributed by atoms with Crippen molar-refractivity contribution in [2.45, 2.75) is 76.1 Å². The van der Waals surface area contributed by atoms with Gasteiger partial charge in [0.25, 0.3) is 0 Å². The molecule has 0 spiro atoms. The lowest BCUT2D eigenvalue weighted by Crippen LogP contribution is -2.45. The van der Waals surface area contributed by atoms with Gasteiger partial charge in [-0.15, -0.1) is 6.58 Å². The van der Waals surface area contributed by atoms with Gasteiger partial charge in [0.15, 0.2) is 6.29 Å². The molecule has 11 atom stereocenters. The van der Waals surface area contributed by atoms with Gasteiger partial charge in [-0.05, 0) is 79.4 Å². The van der Waals surface area contributed by atoms with Gasteiger partial charge in [0, 0.05) is 5.41 Å². The summed E-state index contributed by atoms with van der Waals surface area (Å²) in [5, 5.41) is 11.1. The third-order valence-corrected chi connectivity index (χ3v) is 9.62. The molecule has 4 aliphatic rings. The van der Waals surface area contributed by atoms with Crippen molar-refractivity contribution in [2.75, 3.05) is 0 Å². The minimum atomic E-state index is -0.603. The quantitative estimate of drug-likeness (QED) is 0.221. The normalized spacial score (nSPS) is 52.2. The van der Waals surface area contributed by atoms with Crippen molar-refractivity contribution in [1.29, 1.82) is 0 Å². The average molecular weight is 472 g/mol. The van der Waals surface area contributed by atoms with E-state index in [0.717, 1.165) is 48.3 Å². The standard InChI is InChI=1S/C23H37IO2/c1-5-16-9-14(3)20-18-11-17(21(16)20)12-23(18,4)22(25)26-19(24)10-15-7-6-13(2)8-15/h5,13-22,25H,1,6-12H2,2-4H3. The molecule has 0 saturated heterocycles. The molecule has 0 heterocycles. The first-order chi connectivity index (χ1) is 12.3. The van der Waals surface area contributed by atoms with E-state index in [1.165, 1.54) is 32.1 Å². The van der Waals surface area contributed by atoms with E-state index in [1.807, 2.05) is 0 Å². The molecule has 0 radical (unpaired) electrons. The molecule has 0 aromatic carbocycles. The number of alkyl halides is 1. The van der Waals surface area contributed by atoms with Crippen LogP contribution in [-0.4, -0.2) is 15.5 Å². The van der Waals surface area contributed by atoms with E-state index >= 15 is 0 Å². The molecular formula is C23H37IO2. The number of aliphatic hydroxyl groups is 1. The molecule has 1 N–H and O–H groups in total. The van der Waals surface area contributed by atoms with E-state index in [-0.39, 0.29) is 9.53 Å². The first-order valence-electron chi connectivity index (χ1n) is 10.9. The Bertz CT molecular complexity index is 536. The van der Waals surface area contributed by atoms with Gasteiger partial charge in [-0.1, -0.05) is 62.3 Å². The number of rotatable bonds is 6. The van der Waals surface area contributed by atoms with Gasteiger partial charge in [-0.2, -0.15) is 0 Å². The second-order valence-corrected chi connectivity index (χ2v) is 11.9. The lowest BCUT2D eigenvalue weighted by Gasteiger charge is -2.45. The second-order valence-electron chi connectivity index (χ2n) is 10.5. The van der Waals surface area contributed by atoms with Gasteiger partial charge >= 0.3 is 0 Å². The first-order valence-corrected chi connectivity index (χ1v) is 12.2. The number of ether oxygens (including phenoxy) is 1. The molecule has 11 unspecified atom stereocenters. The fourth-order valence-electron chi connectivity index (χ4n) is 7.71. The van der Waals surface area contributed by atoms with E-state index < -0.39 is 6.29 Å². The number of hydrogen-bond acceptors (Lipinski definition) is 2. The highest BCUT2D eigenvalue weighted by Gasteiger charge is 2.65. The van der Waals surface area contributed by atoms with Crippen molar-refractivity contribution in [2.24, 2.45) is 52.8 Å². The largest absolute Gasteiger partial charge is 0.367 e. The Balaban J connectivity index is 1.39. The Morgan fingerprint density at radius 2 is 2.00 bits per heavy atom. The summed E-state index contributed by atoms with van der Waals surface area (Å²) in [4.78, 5) is 0. The zero-order chi connectivity index (χ0) is 18.6. The maximum atomic E-state index is 11.1. The van der Waals surface area contributed by atoms with Crippen LogP contribution in [0.5, 0.6) is 0 Å². The maximum absolute atomic E-state index is 11.1. The SMILES string of the molecule is C=CC1CC(C)C2C1C1CC2C(C)(C(O)OC(I)CC2CCC(C)C2)C1. The Morgan fingerprint density at radius 3 is 2.65 bits per heavy atom. The van der Waals surface area contributed by atoms with E-state index in [0.29, 0.717) is 11.8 Å². The maximum Gasteiger partial charge on any atom is 0.161 e. The van der Waals surface area contributed by atoms with Crippen LogP contribution in [0, 0.1) is 52.8 Å². The van der Waals surface area contributed by atoms with Gasteiger partial charge in [0.2, 0.25) is 0 Å². The second kappa shape index (κ2) is 7.33. The lowest BCUT2D eigenvalue weighted by atomic mass is 9.64. The van der Waals surface area contributed by atoms with E-state index in [4.69, 9.17) is 4.74 Å². The number of aliphatic hydroxyl groups excluding tert-OH is 1. The highest BCUT2D eigenvalue weighted by atomic mass is 127. The van der Waals surface area contributed by atoms with Crippen molar-refractivity contribution in [3.8, 4) is 0 Å². The third kappa shape index (κ3) is 3.22. The van der Waals surface area contributed by atoms with E-state index in [9.17, 15) is 5.11 Å². The van der Waals surface area contributed by atoms with Crippen molar-refractivity contribution in [3.63, 3.8) is 0 Å². The highest BCUT2D eigenvalue weighted by molar-refractivity contribution is 14.1. The molecule has 0 amide bonds. The Morgan fingerprint density at radius 1 is 1.23 bits per heavy atom. The number of halogens is 1. The number of allylic oxidation sites excluding steroid dienone is 1. The zero-order valence-electron chi connectivity index (χ0n) is 16.7. The van der Waals surface area contributed by atoms with Crippen LogP contribution in [0.1, 0.15) is 65.7 Å². The van der Waals surface area contributed by atoms with Crippen LogP contribution in [0.25, 0.3) is 0 Å². The van der Waals surface area contributed by atoms with Crippen LogP contribution in [0.15, 0.2) is 12.7 Å². The average Bonchev–Trinajstić information content (AvgIpc) is 3.30. The van der Waals surface area contributed by atoms with Gasteiger partial charge in [-0.25, -0.2) is 0 Å². The Labute approximate surface area is 173 Å². The fourth-order valence-corrected chi connectivity index (χ4v) is 8.71. The molecule has 4 rings (SSSR count). The van der Waals surface area contributed by atoms with Gasteiger partial charge in [-0.3, -0.25) is 0 Å². The topological polar surface area (TPSA) is 29.5 Å². The lowest BCUT2D eigenvalue weighted by molar-refractivity contribution is -0.201. The molecule has 2 bridgehead atoms. The minimum absolute atomic E-state index is 0.0530. The van der Waals surface area contributed by atoms with Gasteiger partial charge in [0.1, 0.15) is 4.11 Å².